The van der Waals surface area contributed by atoms with Crippen LogP contribution >= 0.6 is 25.3 Å². The summed E-state index contributed by atoms with van der Waals surface area (Å²) < 4.78 is 11.1. The molecule has 0 spiro atoms. The van der Waals surface area contributed by atoms with Crippen LogP contribution < -0.4 is 16.8 Å². The fourth-order valence-corrected chi connectivity index (χ4v) is 2.17. The summed E-state index contributed by atoms with van der Waals surface area (Å²) in [4.78, 5) is 23.4. The van der Waals surface area contributed by atoms with Crippen LogP contribution in [0.5, 0.6) is 0 Å². The Balaban J connectivity index is 4.37. The van der Waals surface area contributed by atoms with Crippen LogP contribution in [0.2, 0.25) is 0 Å². The molecule has 0 aromatic carbocycles. The number of thiol groups is 2. The van der Waals surface area contributed by atoms with E-state index < -0.39 is 18.1 Å². The first-order valence-corrected chi connectivity index (χ1v) is 10.0. The summed E-state index contributed by atoms with van der Waals surface area (Å²) in [5.74, 6) is -0.135. The van der Waals surface area contributed by atoms with Crippen molar-refractivity contribution in [2.45, 2.75) is 46.2 Å². The van der Waals surface area contributed by atoms with Gasteiger partial charge in [0.05, 0.1) is 25.9 Å². The SMILES string of the molecule is CCC(C)(CNC(=O)C(N)CS)COCC(C)(C)COC(=O)C(N)CS. The monoisotopic (exact) mass is 409 g/mol. The first-order chi connectivity index (χ1) is 12.0. The average molecular weight is 410 g/mol. The molecule has 3 unspecified atom stereocenters. The predicted octanol–water partition coefficient (Wildman–Crippen LogP) is 0.619. The number of hydrogen-bond donors (Lipinski definition) is 5. The second kappa shape index (κ2) is 12.1. The summed E-state index contributed by atoms with van der Waals surface area (Å²) in [5.41, 5.74) is 10.7. The van der Waals surface area contributed by atoms with E-state index in [4.69, 9.17) is 20.9 Å². The molecule has 0 fully saturated rings. The molecule has 0 aliphatic rings. The molecule has 0 radical (unpaired) electrons. The van der Waals surface area contributed by atoms with Gasteiger partial charge in [0.15, 0.2) is 0 Å². The third-order valence-corrected chi connectivity index (χ3v) is 4.91. The van der Waals surface area contributed by atoms with Crippen LogP contribution in [0.15, 0.2) is 0 Å². The molecule has 0 aliphatic heterocycles. The number of nitrogens with two attached hydrogens (primary N) is 2. The van der Waals surface area contributed by atoms with Crippen molar-refractivity contribution >= 4 is 37.1 Å². The van der Waals surface area contributed by atoms with Crippen molar-refractivity contribution < 1.29 is 19.1 Å². The van der Waals surface area contributed by atoms with E-state index in [1.807, 2.05) is 27.7 Å². The van der Waals surface area contributed by atoms with Crippen LogP contribution in [0.4, 0.5) is 0 Å². The van der Waals surface area contributed by atoms with Gasteiger partial charge in [-0.2, -0.15) is 25.3 Å². The molecular weight excluding hydrogens is 374 g/mol. The van der Waals surface area contributed by atoms with E-state index in [2.05, 4.69) is 30.6 Å². The molecule has 0 aliphatic carbocycles. The molecule has 0 bridgehead atoms. The maximum absolute atomic E-state index is 11.8. The molecule has 0 saturated heterocycles. The summed E-state index contributed by atoms with van der Waals surface area (Å²) in [6, 6.07) is -1.33. The highest BCUT2D eigenvalue weighted by Gasteiger charge is 2.27. The lowest BCUT2D eigenvalue weighted by Gasteiger charge is -2.31. The fraction of sp³-hybridized carbons (Fsp3) is 0.882. The molecule has 0 aromatic heterocycles. The quantitative estimate of drug-likeness (QED) is 0.225. The molecule has 1 amide bonds. The number of amides is 1. The second-order valence-corrected chi connectivity index (χ2v) is 8.46. The van der Waals surface area contributed by atoms with Gasteiger partial charge in [-0.25, -0.2) is 0 Å². The Morgan fingerprint density at radius 1 is 1.04 bits per heavy atom. The average Bonchev–Trinajstić information content (AvgIpc) is 2.62. The number of rotatable bonds is 13. The molecule has 5 N–H and O–H groups in total. The molecule has 0 aromatic rings. The first-order valence-electron chi connectivity index (χ1n) is 8.75. The Morgan fingerprint density at radius 3 is 2.12 bits per heavy atom. The van der Waals surface area contributed by atoms with Crippen molar-refractivity contribution in [3.8, 4) is 0 Å². The van der Waals surface area contributed by atoms with Gasteiger partial charge in [-0.1, -0.05) is 27.7 Å². The van der Waals surface area contributed by atoms with Gasteiger partial charge in [0, 0.05) is 28.9 Å². The Kier molecular flexibility index (Phi) is 11.8. The predicted molar refractivity (Wildman–Crippen MR) is 111 cm³/mol. The largest absolute Gasteiger partial charge is 0.464 e. The van der Waals surface area contributed by atoms with Crippen LogP contribution in [0, 0.1) is 10.8 Å². The van der Waals surface area contributed by atoms with Crippen LogP contribution in [0.25, 0.3) is 0 Å². The van der Waals surface area contributed by atoms with Crippen LogP contribution in [-0.2, 0) is 19.1 Å². The maximum Gasteiger partial charge on any atom is 0.323 e. The lowest BCUT2D eigenvalue weighted by molar-refractivity contribution is -0.149. The zero-order valence-corrected chi connectivity index (χ0v) is 18.1. The minimum absolute atomic E-state index is 0.212. The highest BCUT2D eigenvalue weighted by Crippen LogP contribution is 2.23. The van der Waals surface area contributed by atoms with E-state index in [1.54, 1.807) is 0 Å². The number of carbonyl (C=O) groups excluding carboxylic acids is 2. The normalized spacial score (nSPS) is 16.5. The van der Waals surface area contributed by atoms with E-state index in [1.165, 1.54) is 0 Å². The van der Waals surface area contributed by atoms with Crippen LogP contribution in [0.3, 0.4) is 0 Å². The summed E-state index contributed by atoms with van der Waals surface area (Å²) in [6.45, 7) is 9.54. The van der Waals surface area contributed by atoms with Gasteiger partial charge in [-0.3, -0.25) is 9.59 Å². The number of nitrogens with one attached hydrogen (secondary N) is 1. The fourth-order valence-electron chi connectivity index (χ4n) is 1.86. The van der Waals surface area contributed by atoms with Crippen molar-refractivity contribution in [3.63, 3.8) is 0 Å². The van der Waals surface area contributed by atoms with E-state index in [-0.39, 0.29) is 29.1 Å². The first kappa shape index (κ1) is 25.5. The standard InChI is InChI=1S/C17H35N3O4S2/c1-5-17(4,8-20-14(21)12(18)6-25)11-23-9-16(2,3)10-24-15(22)13(19)7-26/h12-13,25-26H,5-11,18-19H2,1-4H3,(H,20,21). The lowest BCUT2D eigenvalue weighted by Crippen LogP contribution is -2.46. The van der Waals surface area contributed by atoms with E-state index >= 15 is 0 Å². The van der Waals surface area contributed by atoms with E-state index in [0.717, 1.165) is 6.42 Å². The Labute approximate surface area is 168 Å². The summed E-state index contributed by atoms with van der Waals surface area (Å²) in [7, 11) is 0. The van der Waals surface area contributed by atoms with Crippen molar-refractivity contribution in [2.24, 2.45) is 22.3 Å². The molecule has 26 heavy (non-hydrogen) atoms. The molecule has 0 saturated carbocycles. The van der Waals surface area contributed by atoms with Gasteiger partial charge in [-0.15, -0.1) is 0 Å². The van der Waals surface area contributed by atoms with Crippen molar-refractivity contribution in [1.29, 1.82) is 0 Å². The second-order valence-electron chi connectivity index (χ2n) is 7.72. The van der Waals surface area contributed by atoms with Crippen LogP contribution in [0.1, 0.15) is 34.1 Å². The summed E-state index contributed by atoms with van der Waals surface area (Å²) >= 11 is 8.01. The highest BCUT2D eigenvalue weighted by atomic mass is 32.1. The van der Waals surface area contributed by atoms with Gasteiger partial charge < -0.3 is 26.3 Å². The summed E-state index contributed by atoms with van der Waals surface area (Å²) in [5, 5.41) is 2.85. The molecule has 9 heteroatoms. The topological polar surface area (TPSA) is 117 Å². The minimum Gasteiger partial charge on any atom is -0.464 e. The van der Waals surface area contributed by atoms with Gasteiger partial charge in [0.1, 0.15) is 6.04 Å². The van der Waals surface area contributed by atoms with Crippen molar-refractivity contribution in [2.75, 3.05) is 37.9 Å². The zero-order chi connectivity index (χ0) is 20.4. The van der Waals surface area contributed by atoms with Gasteiger partial charge in [-0.05, 0) is 6.42 Å². The number of esters is 1. The number of hydrogen-bond acceptors (Lipinski definition) is 8. The molecule has 3 atom stereocenters. The Bertz CT molecular complexity index is 452. The lowest BCUT2D eigenvalue weighted by atomic mass is 9.88. The molecule has 7 nitrogen and oxygen atoms in total. The van der Waals surface area contributed by atoms with E-state index in [9.17, 15) is 9.59 Å². The van der Waals surface area contributed by atoms with Crippen molar-refractivity contribution in [3.05, 3.63) is 0 Å². The van der Waals surface area contributed by atoms with Gasteiger partial charge in [0.2, 0.25) is 5.91 Å². The molecule has 0 heterocycles. The maximum atomic E-state index is 11.8. The Morgan fingerprint density at radius 2 is 1.62 bits per heavy atom. The zero-order valence-electron chi connectivity index (χ0n) is 16.3. The van der Waals surface area contributed by atoms with Gasteiger partial charge in [0.25, 0.3) is 0 Å². The smallest absolute Gasteiger partial charge is 0.323 e. The number of ether oxygens (including phenoxy) is 2. The third-order valence-electron chi connectivity index (χ3n) is 4.12. The number of carbonyl (C=O) groups is 2. The van der Waals surface area contributed by atoms with Crippen molar-refractivity contribution in [1.82, 2.24) is 5.32 Å². The molecule has 0 rings (SSSR count). The summed E-state index contributed by atoms with van der Waals surface area (Å²) in [6.07, 6.45) is 0.829. The minimum atomic E-state index is -0.717. The molecular formula is C17H35N3O4S2. The Hall–Kier alpha value is -0.480. The molecule has 154 valence electrons. The van der Waals surface area contributed by atoms with Gasteiger partial charge >= 0.3 is 5.97 Å². The van der Waals surface area contributed by atoms with E-state index in [0.29, 0.717) is 25.5 Å². The third kappa shape index (κ3) is 10.0. The van der Waals surface area contributed by atoms with Crippen LogP contribution in [-0.4, -0.2) is 61.8 Å². The highest BCUT2D eigenvalue weighted by molar-refractivity contribution is 7.80.